The first kappa shape index (κ1) is 10.7. The van der Waals surface area contributed by atoms with E-state index in [1.54, 1.807) is 11.3 Å². The summed E-state index contributed by atoms with van der Waals surface area (Å²) in [6.45, 7) is 2.74. The molecule has 2 aromatic rings. The van der Waals surface area contributed by atoms with Crippen LogP contribution in [0.3, 0.4) is 0 Å². The van der Waals surface area contributed by atoms with Crippen LogP contribution in [0.25, 0.3) is 0 Å². The van der Waals surface area contributed by atoms with E-state index in [1.165, 1.54) is 21.4 Å². The Hall–Kier alpha value is -1.76. The lowest BCUT2D eigenvalue weighted by atomic mass is 10.3. The number of carbonyl (C=O) groups excluding carboxylic acids is 1. The summed E-state index contributed by atoms with van der Waals surface area (Å²) >= 11 is 1.64. The van der Waals surface area contributed by atoms with Crippen molar-refractivity contribution in [3.63, 3.8) is 0 Å². The molecule has 0 aliphatic heterocycles. The number of thiophene rings is 1. The van der Waals surface area contributed by atoms with Crippen LogP contribution in [0.5, 0.6) is 0 Å². The zero-order chi connectivity index (χ0) is 11.4. The number of amides is 1. The highest BCUT2D eigenvalue weighted by atomic mass is 32.1. The molecule has 0 aliphatic carbocycles. The maximum Gasteiger partial charge on any atom is 0.242 e. The smallest absolute Gasteiger partial charge is 0.242 e. The molecule has 2 aromatic heterocycles. The predicted molar refractivity (Wildman–Crippen MR) is 58.7 cm³/mol. The number of hydrogen-bond acceptors (Lipinski definition) is 5. The fourth-order valence-corrected chi connectivity index (χ4v) is 2.07. The average molecular weight is 237 g/mol. The Labute approximate surface area is 96.3 Å². The van der Waals surface area contributed by atoms with Gasteiger partial charge in [-0.25, -0.2) is 4.68 Å². The SMILES string of the molecule is Cc1ccsc1CNC(=O)Cn1cnnn1. The minimum atomic E-state index is -0.0971. The van der Waals surface area contributed by atoms with Gasteiger partial charge < -0.3 is 5.32 Å². The van der Waals surface area contributed by atoms with Gasteiger partial charge in [-0.15, -0.1) is 16.4 Å². The monoisotopic (exact) mass is 237 g/mol. The van der Waals surface area contributed by atoms with Crippen molar-refractivity contribution < 1.29 is 4.79 Å². The summed E-state index contributed by atoms with van der Waals surface area (Å²) in [5.74, 6) is -0.0971. The van der Waals surface area contributed by atoms with E-state index in [2.05, 4.69) is 20.8 Å². The third kappa shape index (κ3) is 2.63. The van der Waals surface area contributed by atoms with Crippen molar-refractivity contribution in [1.82, 2.24) is 25.5 Å². The van der Waals surface area contributed by atoms with E-state index in [0.29, 0.717) is 6.54 Å². The Balaban J connectivity index is 1.82. The van der Waals surface area contributed by atoms with Gasteiger partial charge in [-0.05, 0) is 34.4 Å². The molecule has 84 valence electrons. The first-order valence-corrected chi connectivity index (χ1v) is 5.64. The minimum absolute atomic E-state index is 0.0971. The summed E-state index contributed by atoms with van der Waals surface area (Å²) < 4.78 is 1.39. The van der Waals surface area contributed by atoms with Crippen LogP contribution >= 0.6 is 11.3 Å². The molecule has 0 saturated carbocycles. The molecule has 7 heteroatoms. The molecule has 16 heavy (non-hydrogen) atoms. The Morgan fingerprint density at radius 3 is 3.12 bits per heavy atom. The van der Waals surface area contributed by atoms with E-state index in [-0.39, 0.29) is 12.5 Å². The van der Waals surface area contributed by atoms with Gasteiger partial charge in [0.2, 0.25) is 5.91 Å². The lowest BCUT2D eigenvalue weighted by Gasteiger charge is -2.03. The van der Waals surface area contributed by atoms with E-state index in [1.807, 2.05) is 18.4 Å². The topological polar surface area (TPSA) is 72.7 Å². The average Bonchev–Trinajstić information content (AvgIpc) is 2.87. The molecule has 0 fully saturated rings. The van der Waals surface area contributed by atoms with Crippen LogP contribution in [-0.4, -0.2) is 26.1 Å². The van der Waals surface area contributed by atoms with Gasteiger partial charge in [-0.2, -0.15) is 0 Å². The minimum Gasteiger partial charge on any atom is -0.350 e. The summed E-state index contributed by atoms with van der Waals surface area (Å²) in [4.78, 5) is 12.7. The second-order valence-electron chi connectivity index (χ2n) is 3.31. The standard InChI is InChI=1S/C9H11N5OS/c1-7-2-3-16-8(7)4-10-9(15)5-14-6-11-12-13-14/h2-3,6H,4-5H2,1H3,(H,10,15). The number of aryl methyl sites for hydroxylation is 1. The predicted octanol–water partition coefficient (Wildman–Crippen LogP) is 0.359. The molecular weight excluding hydrogens is 226 g/mol. The lowest BCUT2D eigenvalue weighted by molar-refractivity contribution is -0.122. The fraction of sp³-hybridized carbons (Fsp3) is 0.333. The molecule has 0 saturated heterocycles. The largest absolute Gasteiger partial charge is 0.350 e. The Morgan fingerprint density at radius 1 is 1.62 bits per heavy atom. The molecule has 0 bridgehead atoms. The second-order valence-corrected chi connectivity index (χ2v) is 4.31. The first-order valence-electron chi connectivity index (χ1n) is 4.76. The third-order valence-corrected chi connectivity index (χ3v) is 3.13. The van der Waals surface area contributed by atoms with Crippen molar-refractivity contribution >= 4 is 17.2 Å². The van der Waals surface area contributed by atoms with E-state index in [4.69, 9.17) is 0 Å². The number of rotatable bonds is 4. The van der Waals surface area contributed by atoms with E-state index < -0.39 is 0 Å². The van der Waals surface area contributed by atoms with Crippen LogP contribution in [0, 0.1) is 6.92 Å². The number of hydrogen-bond donors (Lipinski definition) is 1. The van der Waals surface area contributed by atoms with Crippen LogP contribution in [0.4, 0.5) is 0 Å². The molecule has 6 nitrogen and oxygen atoms in total. The van der Waals surface area contributed by atoms with Gasteiger partial charge in [0.05, 0.1) is 6.54 Å². The highest BCUT2D eigenvalue weighted by Crippen LogP contribution is 2.14. The molecule has 0 aromatic carbocycles. The maximum atomic E-state index is 11.5. The summed E-state index contributed by atoms with van der Waals surface area (Å²) in [7, 11) is 0. The quantitative estimate of drug-likeness (QED) is 0.833. The summed E-state index contributed by atoms with van der Waals surface area (Å²) in [5.41, 5.74) is 1.20. The van der Waals surface area contributed by atoms with Gasteiger partial charge >= 0.3 is 0 Å². The van der Waals surface area contributed by atoms with Gasteiger partial charge in [0.15, 0.2) is 0 Å². The Kier molecular flexibility index (Phi) is 3.25. The lowest BCUT2D eigenvalue weighted by Crippen LogP contribution is -2.27. The molecule has 2 heterocycles. The zero-order valence-electron chi connectivity index (χ0n) is 8.75. The van der Waals surface area contributed by atoms with E-state index in [9.17, 15) is 4.79 Å². The molecule has 0 radical (unpaired) electrons. The first-order chi connectivity index (χ1) is 7.75. The number of nitrogens with one attached hydrogen (secondary N) is 1. The van der Waals surface area contributed by atoms with Crippen LogP contribution in [0.1, 0.15) is 10.4 Å². The molecule has 0 aliphatic rings. The number of carbonyl (C=O) groups is 1. The zero-order valence-corrected chi connectivity index (χ0v) is 9.57. The van der Waals surface area contributed by atoms with Gasteiger partial charge in [-0.3, -0.25) is 4.79 Å². The van der Waals surface area contributed by atoms with Gasteiger partial charge in [0.25, 0.3) is 0 Å². The molecule has 0 unspecified atom stereocenters. The second kappa shape index (κ2) is 4.84. The van der Waals surface area contributed by atoms with Crippen LogP contribution in [-0.2, 0) is 17.9 Å². The van der Waals surface area contributed by atoms with Crippen molar-refractivity contribution in [3.8, 4) is 0 Å². The van der Waals surface area contributed by atoms with Crippen molar-refractivity contribution in [1.29, 1.82) is 0 Å². The van der Waals surface area contributed by atoms with E-state index in [0.717, 1.165) is 0 Å². The highest BCUT2D eigenvalue weighted by molar-refractivity contribution is 7.10. The summed E-state index contributed by atoms with van der Waals surface area (Å²) in [6.07, 6.45) is 1.41. The molecular formula is C9H11N5OS. The van der Waals surface area contributed by atoms with Gasteiger partial charge in [-0.1, -0.05) is 0 Å². The van der Waals surface area contributed by atoms with Crippen LogP contribution in [0.2, 0.25) is 0 Å². The molecule has 2 rings (SSSR count). The molecule has 0 atom stereocenters. The fourth-order valence-electron chi connectivity index (χ4n) is 1.22. The van der Waals surface area contributed by atoms with E-state index >= 15 is 0 Å². The number of tetrazole rings is 1. The van der Waals surface area contributed by atoms with Crippen molar-refractivity contribution in [2.75, 3.05) is 0 Å². The van der Waals surface area contributed by atoms with Crippen LogP contribution in [0.15, 0.2) is 17.8 Å². The van der Waals surface area contributed by atoms with Crippen molar-refractivity contribution in [2.45, 2.75) is 20.0 Å². The number of aromatic nitrogens is 4. The molecule has 1 amide bonds. The van der Waals surface area contributed by atoms with Crippen molar-refractivity contribution in [3.05, 3.63) is 28.2 Å². The summed E-state index contributed by atoms with van der Waals surface area (Å²) in [6, 6.07) is 2.04. The summed E-state index contributed by atoms with van der Waals surface area (Å²) in [5, 5.41) is 15.4. The Morgan fingerprint density at radius 2 is 2.50 bits per heavy atom. The van der Waals surface area contributed by atoms with Gasteiger partial charge in [0.1, 0.15) is 12.9 Å². The number of nitrogens with zero attached hydrogens (tertiary/aromatic N) is 4. The van der Waals surface area contributed by atoms with Crippen molar-refractivity contribution in [2.24, 2.45) is 0 Å². The maximum absolute atomic E-state index is 11.5. The Bertz CT molecular complexity index is 464. The molecule has 0 spiro atoms. The van der Waals surface area contributed by atoms with Crippen LogP contribution < -0.4 is 5.32 Å². The molecule has 1 N–H and O–H groups in total. The normalized spacial score (nSPS) is 10.3. The highest BCUT2D eigenvalue weighted by Gasteiger charge is 2.05. The van der Waals surface area contributed by atoms with Gasteiger partial charge in [0, 0.05) is 4.88 Å². The third-order valence-electron chi connectivity index (χ3n) is 2.11.